The lowest BCUT2D eigenvalue weighted by Crippen LogP contribution is -2.34. The second-order valence-electron chi connectivity index (χ2n) is 2.84. The zero-order valence-corrected chi connectivity index (χ0v) is 8.15. The van der Waals surface area contributed by atoms with Crippen molar-refractivity contribution in [2.24, 2.45) is 5.16 Å². The van der Waals surface area contributed by atoms with Crippen LogP contribution in [0.1, 0.15) is 12.8 Å². The van der Waals surface area contributed by atoms with Crippen LogP contribution < -0.4 is 0 Å². The Morgan fingerprint density at radius 1 is 1.64 bits per heavy atom. The first kappa shape index (κ1) is 10.5. The molecule has 14 heavy (non-hydrogen) atoms. The summed E-state index contributed by atoms with van der Waals surface area (Å²) in [7, 11) is 2.59. The van der Waals surface area contributed by atoms with Crippen LogP contribution in [0.15, 0.2) is 5.16 Å². The van der Waals surface area contributed by atoms with Crippen LogP contribution in [0.25, 0.3) is 0 Å². The molecular weight excluding hydrogens is 188 g/mol. The topological polar surface area (TPSA) is 68.2 Å². The summed E-state index contributed by atoms with van der Waals surface area (Å²) in [5.41, 5.74) is 0.658. The number of ether oxygens (including phenoxy) is 1. The van der Waals surface area contributed by atoms with Gasteiger partial charge in [0.2, 0.25) is 5.91 Å². The van der Waals surface area contributed by atoms with Crippen molar-refractivity contribution in [2.45, 2.75) is 12.8 Å². The van der Waals surface area contributed by atoms with Crippen LogP contribution in [-0.2, 0) is 14.4 Å². The smallest absolute Gasteiger partial charge is 0.415 e. The van der Waals surface area contributed by atoms with Crippen molar-refractivity contribution in [3.05, 3.63) is 0 Å². The molecule has 0 aromatic heterocycles. The molecule has 0 N–H and O–H groups in total. The standard InChI is InChI=1S/C8H12N2O4/c1-10(8(12)13-2)7(11)5-6-3-4-14-9-6/h3-5H2,1-2H3. The van der Waals surface area contributed by atoms with Gasteiger partial charge in [-0.1, -0.05) is 5.16 Å². The van der Waals surface area contributed by atoms with Gasteiger partial charge in [0.25, 0.3) is 0 Å². The van der Waals surface area contributed by atoms with E-state index in [9.17, 15) is 9.59 Å². The first-order chi connectivity index (χ1) is 6.65. The van der Waals surface area contributed by atoms with Crippen LogP contribution in [0, 0.1) is 0 Å². The fourth-order valence-corrected chi connectivity index (χ4v) is 0.999. The van der Waals surface area contributed by atoms with E-state index in [0.717, 1.165) is 4.90 Å². The highest BCUT2D eigenvalue weighted by Crippen LogP contribution is 2.05. The van der Waals surface area contributed by atoms with Gasteiger partial charge in [-0.25, -0.2) is 4.79 Å². The number of imide groups is 1. The molecule has 0 radical (unpaired) electrons. The quantitative estimate of drug-likeness (QED) is 0.646. The molecule has 6 nitrogen and oxygen atoms in total. The van der Waals surface area contributed by atoms with E-state index in [-0.39, 0.29) is 12.3 Å². The first-order valence-corrected chi connectivity index (χ1v) is 4.17. The second kappa shape index (κ2) is 4.59. The van der Waals surface area contributed by atoms with Gasteiger partial charge in [0.05, 0.1) is 19.2 Å². The molecule has 1 heterocycles. The SMILES string of the molecule is COC(=O)N(C)C(=O)CC1=NOCC1. The lowest BCUT2D eigenvalue weighted by molar-refractivity contribution is -0.126. The molecule has 78 valence electrons. The lowest BCUT2D eigenvalue weighted by atomic mass is 10.2. The van der Waals surface area contributed by atoms with E-state index in [1.807, 2.05) is 0 Å². The predicted octanol–water partition coefficient (Wildman–Crippen LogP) is 0.378. The van der Waals surface area contributed by atoms with Crippen LogP contribution in [0.5, 0.6) is 0 Å². The Morgan fingerprint density at radius 3 is 2.86 bits per heavy atom. The molecule has 0 saturated carbocycles. The van der Waals surface area contributed by atoms with Gasteiger partial charge in [-0.2, -0.15) is 0 Å². The molecule has 1 aliphatic heterocycles. The number of rotatable bonds is 2. The minimum atomic E-state index is -0.672. The van der Waals surface area contributed by atoms with Crippen molar-refractivity contribution in [3.8, 4) is 0 Å². The summed E-state index contributed by atoms with van der Waals surface area (Å²) in [5.74, 6) is -0.346. The molecule has 2 amide bonds. The monoisotopic (exact) mass is 200 g/mol. The zero-order valence-electron chi connectivity index (χ0n) is 8.15. The van der Waals surface area contributed by atoms with Crippen LogP contribution in [-0.4, -0.2) is 43.4 Å². The van der Waals surface area contributed by atoms with Crippen LogP contribution in [0.3, 0.4) is 0 Å². The fourth-order valence-electron chi connectivity index (χ4n) is 0.999. The molecule has 0 aromatic carbocycles. The highest BCUT2D eigenvalue weighted by atomic mass is 16.6. The van der Waals surface area contributed by atoms with Crippen molar-refractivity contribution in [1.29, 1.82) is 0 Å². The Bertz CT molecular complexity index is 275. The number of carbonyl (C=O) groups excluding carboxylic acids is 2. The van der Waals surface area contributed by atoms with Crippen molar-refractivity contribution in [3.63, 3.8) is 0 Å². The largest absolute Gasteiger partial charge is 0.452 e. The van der Waals surface area contributed by atoms with Gasteiger partial charge in [0.15, 0.2) is 0 Å². The molecule has 0 unspecified atom stereocenters. The van der Waals surface area contributed by atoms with E-state index in [4.69, 9.17) is 4.84 Å². The maximum absolute atomic E-state index is 11.4. The molecule has 0 aliphatic carbocycles. The summed E-state index contributed by atoms with van der Waals surface area (Å²) in [5, 5.41) is 3.66. The van der Waals surface area contributed by atoms with Gasteiger partial charge < -0.3 is 9.57 Å². The highest BCUT2D eigenvalue weighted by Gasteiger charge is 2.20. The van der Waals surface area contributed by atoms with E-state index < -0.39 is 6.09 Å². The third kappa shape index (κ3) is 2.45. The second-order valence-corrected chi connectivity index (χ2v) is 2.84. The maximum Gasteiger partial charge on any atom is 0.415 e. The summed E-state index contributed by atoms with van der Waals surface area (Å²) >= 11 is 0. The third-order valence-electron chi connectivity index (χ3n) is 1.85. The molecule has 0 fully saturated rings. The number of methoxy groups -OCH3 is 1. The summed E-state index contributed by atoms with van der Waals surface area (Å²) in [6.45, 7) is 0.505. The summed E-state index contributed by atoms with van der Waals surface area (Å²) in [6.07, 6.45) is 0.0707. The Labute approximate surface area is 81.4 Å². The molecule has 1 rings (SSSR count). The van der Waals surface area contributed by atoms with E-state index in [1.54, 1.807) is 0 Å². The van der Waals surface area contributed by atoms with Crippen molar-refractivity contribution >= 4 is 17.7 Å². The average molecular weight is 200 g/mol. The minimum absolute atomic E-state index is 0.103. The molecule has 6 heteroatoms. The molecule has 0 saturated heterocycles. The summed E-state index contributed by atoms with van der Waals surface area (Å²) in [4.78, 5) is 28.0. The third-order valence-corrected chi connectivity index (χ3v) is 1.85. The number of hydrogen-bond donors (Lipinski definition) is 0. The van der Waals surface area contributed by atoms with Crippen molar-refractivity contribution < 1.29 is 19.2 Å². The Balaban J connectivity index is 2.44. The van der Waals surface area contributed by atoms with Gasteiger partial charge >= 0.3 is 6.09 Å². The molecule has 0 bridgehead atoms. The van der Waals surface area contributed by atoms with E-state index in [1.165, 1.54) is 14.2 Å². The predicted molar refractivity (Wildman–Crippen MR) is 47.8 cm³/mol. The van der Waals surface area contributed by atoms with E-state index in [2.05, 4.69) is 9.89 Å². The van der Waals surface area contributed by atoms with Gasteiger partial charge in [-0.05, 0) is 0 Å². The molecule has 0 spiro atoms. The minimum Gasteiger partial charge on any atom is -0.452 e. The Hall–Kier alpha value is -1.59. The maximum atomic E-state index is 11.4. The van der Waals surface area contributed by atoms with Gasteiger partial charge in [0, 0.05) is 13.5 Å². The Morgan fingerprint density at radius 2 is 2.36 bits per heavy atom. The number of carbonyl (C=O) groups is 2. The van der Waals surface area contributed by atoms with Crippen LogP contribution in [0.2, 0.25) is 0 Å². The number of hydrogen-bond acceptors (Lipinski definition) is 5. The number of amides is 2. The van der Waals surface area contributed by atoms with Crippen LogP contribution >= 0.6 is 0 Å². The fraction of sp³-hybridized carbons (Fsp3) is 0.625. The molecule has 1 aliphatic rings. The van der Waals surface area contributed by atoms with E-state index >= 15 is 0 Å². The van der Waals surface area contributed by atoms with Crippen molar-refractivity contribution in [2.75, 3.05) is 20.8 Å². The van der Waals surface area contributed by atoms with Gasteiger partial charge in [-0.3, -0.25) is 9.69 Å². The van der Waals surface area contributed by atoms with Gasteiger partial charge in [-0.15, -0.1) is 0 Å². The average Bonchev–Trinajstić information content (AvgIpc) is 2.68. The van der Waals surface area contributed by atoms with Crippen molar-refractivity contribution in [1.82, 2.24) is 4.90 Å². The first-order valence-electron chi connectivity index (χ1n) is 4.17. The molecular formula is C8H12N2O4. The molecule has 0 atom stereocenters. The van der Waals surface area contributed by atoms with Gasteiger partial charge in [0.1, 0.15) is 6.61 Å². The van der Waals surface area contributed by atoms with E-state index in [0.29, 0.717) is 18.7 Å². The lowest BCUT2D eigenvalue weighted by Gasteiger charge is -2.12. The zero-order chi connectivity index (χ0) is 10.6. The molecule has 0 aromatic rings. The normalized spacial score (nSPS) is 14.3. The number of oxime groups is 1. The summed E-state index contributed by atoms with van der Waals surface area (Å²) in [6, 6.07) is 0. The Kier molecular flexibility index (Phi) is 3.44. The number of nitrogens with zero attached hydrogens (tertiary/aromatic N) is 2. The summed E-state index contributed by atoms with van der Waals surface area (Å²) < 4.78 is 4.39. The highest BCUT2D eigenvalue weighted by molar-refractivity contribution is 6.05. The van der Waals surface area contributed by atoms with Crippen LogP contribution in [0.4, 0.5) is 4.79 Å².